The number of benzene rings is 3. The van der Waals surface area contributed by atoms with Crippen molar-refractivity contribution in [2.75, 3.05) is 6.61 Å². The van der Waals surface area contributed by atoms with Crippen molar-refractivity contribution >= 4 is 51.2 Å². The van der Waals surface area contributed by atoms with Crippen molar-refractivity contribution in [3.05, 3.63) is 94.2 Å². The minimum atomic E-state index is -1.08. The lowest BCUT2D eigenvalue weighted by atomic mass is 9.96. The summed E-state index contributed by atoms with van der Waals surface area (Å²) in [6.45, 7) is 4.29. The topological polar surface area (TPSA) is 87.1 Å². The predicted octanol–water partition coefficient (Wildman–Crippen LogP) is 8.03. The van der Waals surface area contributed by atoms with Gasteiger partial charge in [-0.1, -0.05) is 0 Å². The maximum absolute atomic E-state index is 16.0. The largest absolute Gasteiger partial charge is 0.493 e. The molecule has 0 radical (unpaired) electrons. The summed E-state index contributed by atoms with van der Waals surface area (Å²) < 4.78 is 41.9. The Morgan fingerprint density at radius 1 is 0.957 bits per heavy atom. The fourth-order valence-corrected chi connectivity index (χ4v) is 8.37. The highest BCUT2D eigenvalue weighted by Crippen LogP contribution is 2.41. The van der Waals surface area contributed by atoms with E-state index < -0.39 is 11.8 Å². The zero-order valence-corrected chi connectivity index (χ0v) is 28.1. The summed E-state index contributed by atoms with van der Waals surface area (Å²) in [6.07, 6.45) is 0.488. The highest BCUT2D eigenvalue weighted by Gasteiger charge is 2.27. The lowest BCUT2D eigenvalue weighted by Gasteiger charge is -2.14. The monoisotopic (exact) mass is 673 g/mol. The Kier molecular flexibility index (Phi) is 8.25. The molecular formula is C35H33F2N5O3S2. The average Bonchev–Trinajstić information content (AvgIpc) is 3.63. The molecule has 3 aromatic carbocycles. The van der Waals surface area contributed by atoms with Crippen LogP contribution in [0.2, 0.25) is 0 Å². The second kappa shape index (κ2) is 12.4. The van der Waals surface area contributed by atoms with E-state index in [4.69, 9.17) is 14.9 Å². The van der Waals surface area contributed by atoms with Gasteiger partial charge in [-0.15, -0.1) is 23.5 Å². The molecule has 8 nitrogen and oxygen atoms in total. The molecule has 12 heteroatoms. The first-order valence-electron chi connectivity index (χ1n) is 15.3. The number of halogens is 2. The maximum Gasteiger partial charge on any atom is 0.352 e. The predicted molar refractivity (Wildman–Crippen MR) is 182 cm³/mol. The van der Waals surface area contributed by atoms with E-state index in [1.807, 2.05) is 37.8 Å². The third kappa shape index (κ3) is 5.67. The number of nitrogens with zero attached hydrogens (tertiary/aromatic N) is 5. The number of aromatic nitrogens is 5. The molecule has 6 aromatic rings. The lowest BCUT2D eigenvalue weighted by molar-refractivity contribution is 0.0684. The van der Waals surface area contributed by atoms with Crippen molar-refractivity contribution in [3.8, 4) is 16.9 Å². The van der Waals surface area contributed by atoms with Gasteiger partial charge in [0.25, 0.3) is 0 Å². The molecule has 47 heavy (non-hydrogen) atoms. The quantitative estimate of drug-likeness (QED) is 0.189. The van der Waals surface area contributed by atoms with Gasteiger partial charge in [0, 0.05) is 81.6 Å². The molecular weight excluding hydrogens is 641 g/mol. The smallest absolute Gasteiger partial charge is 0.352 e. The number of carboxylic acid groups (broad SMARTS) is 1. The number of thioether (sulfide) groups is 2. The van der Waals surface area contributed by atoms with E-state index in [0.29, 0.717) is 70.2 Å². The second-order valence-electron chi connectivity index (χ2n) is 11.8. The molecule has 0 saturated carbocycles. The summed E-state index contributed by atoms with van der Waals surface area (Å²) in [5.74, 6) is 0.623. The Hall–Kier alpha value is -4.29. The molecule has 0 amide bonds. The van der Waals surface area contributed by atoms with Crippen LogP contribution in [0.25, 0.3) is 32.8 Å². The van der Waals surface area contributed by atoms with E-state index in [-0.39, 0.29) is 11.5 Å². The summed E-state index contributed by atoms with van der Waals surface area (Å²) in [5, 5.41) is 22.0. The van der Waals surface area contributed by atoms with E-state index in [1.54, 1.807) is 51.8 Å². The van der Waals surface area contributed by atoms with Crippen LogP contribution < -0.4 is 4.74 Å². The van der Waals surface area contributed by atoms with Crippen LogP contribution in [0.15, 0.2) is 53.4 Å². The summed E-state index contributed by atoms with van der Waals surface area (Å²) >= 11 is 3.27. The van der Waals surface area contributed by atoms with Crippen LogP contribution in [0.1, 0.15) is 45.2 Å². The Morgan fingerprint density at radius 2 is 1.79 bits per heavy atom. The molecule has 7 rings (SSSR count). The maximum atomic E-state index is 16.0. The normalized spacial score (nSPS) is 14.3. The fourth-order valence-electron chi connectivity index (χ4n) is 6.54. The van der Waals surface area contributed by atoms with Gasteiger partial charge in [0.05, 0.1) is 18.0 Å². The third-order valence-corrected chi connectivity index (χ3v) is 10.8. The van der Waals surface area contributed by atoms with Crippen molar-refractivity contribution in [3.63, 3.8) is 0 Å². The molecule has 1 N–H and O–H groups in total. The van der Waals surface area contributed by atoms with Crippen LogP contribution in [0.4, 0.5) is 8.78 Å². The fraction of sp³-hybridized carbons (Fsp3) is 0.286. The molecule has 0 unspecified atom stereocenters. The molecule has 4 heterocycles. The van der Waals surface area contributed by atoms with Crippen LogP contribution >= 0.6 is 23.5 Å². The average molecular weight is 674 g/mol. The van der Waals surface area contributed by atoms with Gasteiger partial charge < -0.3 is 14.4 Å². The standard InChI is InChI=1S/C35H33F2N5O3S2/c1-19-31-29-9-8-27(37)33(31)32-20(2)40(3)39-28(32)18-46-16-23-14-24(41(4)38-23)17-47-25-13-21-12-22(36)6-7-26(21)30(15-25)45-11-5-10-42(29)34(19)35(43)44/h6-9,12-15H,5,10-11,16-18H2,1-4H3,(H,43,44). The number of ether oxygens (including phenoxy) is 1. The molecule has 0 aliphatic carbocycles. The Balaban J connectivity index is 1.36. The first-order valence-corrected chi connectivity index (χ1v) is 17.4. The van der Waals surface area contributed by atoms with Crippen LogP contribution in [0, 0.1) is 25.5 Å². The molecule has 1 aliphatic heterocycles. The number of hydrogen-bond donors (Lipinski definition) is 1. The Morgan fingerprint density at radius 3 is 2.60 bits per heavy atom. The molecule has 0 spiro atoms. The molecule has 3 aromatic heterocycles. The number of hydrogen-bond acceptors (Lipinski definition) is 6. The van der Waals surface area contributed by atoms with E-state index in [0.717, 1.165) is 38.4 Å². The minimum absolute atomic E-state index is 0.122. The van der Waals surface area contributed by atoms with E-state index in [1.165, 1.54) is 18.2 Å². The number of carbonyl (C=O) groups is 1. The van der Waals surface area contributed by atoms with Gasteiger partial charge in [0.2, 0.25) is 0 Å². The van der Waals surface area contributed by atoms with Gasteiger partial charge in [0.1, 0.15) is 23.1 Å². The molecule has 0 atom stereocenters. The summed E-state index contributed by atoms with van der Waals surface area (Å²) in [5.41, 5.74) is 5.84. The zero-order valence-electron chi connectivity index (χ0n) is 26.4. The number of aromatic carboxylic acids is 1. The van der Waals surface area contributed by atoms with Crippen molar-refractivity contribution in [1.82, 2.24) is 24.1 Å². The lowest BCUT2D eigenvalue weighted by Crippen LogP contribution is -2.12. The van der Waals surface area contributed by atoms with E-state index in [9.17, 15) is 14.3 Å². The minimum Gasteiger partial charge on any atom is -0.493 e. The van der Waals surface area contributed by atoms with Gasteiger partial charge in [-0.3, -0.25) is 9.36 Å². The summed E-state index contributed by atoms with van der Waals surface area (Å²) in [4.78, 5) is 13.6. The van der Waals surface area contributed by atoms with Gasteiger partial charge >= 0.3 is 5.97 Å². The number of aryl methyl sites for hydroxylation is 4. The van der Waals surface area contributed by atoms with Crippen molar-refractivity contribution in [1.29, 1.82) is 0 Å². The first kappa shape index (κ1) is 31.3. The Labute approximate surface area is 278 Å². The SMILES string of the molecule is Cc1c(C(=O)O)n2c3ccc(F)c(c13)-c1c(nn(C)c1C)CSCc1cc(n(C)n1)CSc1cc(c3ccc(F)cc3c1)OCCC2. The third-order valence-electron chi connectivity index (χ3n) is 8.82. The molecule has 0 saturated heterocycles. The summed E-state index contributed by atoms with van der Waals surface area (Å²) in [6, 6.07) is 13.7. The highest BCUT2D eigenvalue weighted by atomic mass is 32.2. The molecule has 8 bridgehead atoms. The van der Waals surface area contributed by atoms with Gasteiger partial charge in [0.15, 0.2) is 0 Å². The second-order valence-corrected chi connectivity index (χ2v) is 13.8. The first-order chi connectivity index (χ1) is 22.6. The zero-order chi connectivity index (χ0) is 33.0. The molecule has 1 aliphatic rings. The highest BCUT2D eigenvalue weighted by molar-refractivity contribution is 7.98. The number of carboxylic acids is 1. The van der Waals surface area contributed by atoms with Crippen LogP contribution in [-0.2, 0) is 37.9 Å². The van der Waals surface area contributed by atoms with Gasteiger partial charge in [-0.05, 0) is 79.7 Å². The Bertz CT molecular complexity index is 2200. The van der Waals surface area contributed by atoms with Crippen molar-refractivity contribution in [2.24, 2.45) is 14.1 Å². The van der Waals surface area contributed by atoms with Gasteiger partial charge in [-0.2, -0.15) is 10.2 Å². The van der Waals surface area contributed by atoms with Crippen LogP contribution in [0.5, 0.6) is 5.75 Å². The van der Waals surface area contributed by atoms with E-state index in [2.05, 4.69) is 6.07 Å². The van der Waals surface area contributed by atoms with Crippen molar-refractivity contribution < 1.29 is 23.4 Å². The van der Waals surface area contributed by atoms with Crippen molar-refractivity contribution in [2.45, 2.75) is 49.0 Å². The summed E-state index contributed by atoms with van der Waals surface area (Å²) in [7, 11) is 3.77. The molecule has 242 valence electrons. The number of fused-ring (bicyclic) bond motifs is 8. The van der Waals surface area contributed by atoms with Gasteiger partial charge in [-0.25, -0.2) is 13.6 Å². The number of rotatable bonds is 1. The van der Waals surface area contributed by atoms with Crippen LogP contribution in [-0.4, -0.2) is 41.8 Å². The van der Waals surface area contributed by atoms with E-state index >= 15 is 4.39 Å². The molecule has 0 fully saturated rings. The van der Waals surface area contributed by atoms with Crippen LogP contribution in [0.3, 0.4) is 0 Å².